The first-order valence-electron chi connectivity index (χ1n) is 3.25. The van der Waals surface area contributed by atoms with E-state index in [0.717, 1.165) is 5.56 Å². The zero-order valence-corrected chi connectivity index (χ0v) is 12.3. The molecule has 0 heterocycles. The molecule has 0 aromatic heterocycles. The molecule has 78 valence electrons. The zero-order valence-electron chi connectivity index (χ0n) is 8.73. The van der Waals surface area contributed by atoms with Crippen LogP contribution in [-0.2, 0) is 26.5 Å². The van der Waals surface area contributed by atoms with Crippen molar-refractivity contribution in [2.75, 3.05) is 0 Å². The monoisotopic (exact) mass is 287 g/mol. The molecule has 7 heteroatoms. The van der Waals surface area contributed by atoms with E-state index in [9.17, 15) is 8.42 Å². The zero-order chi connectivity index (χ0) is 9.19. The van der Waals surface area contributed by atoms with E-state index in [4.69, 9.17) is 11.8 Å². The van der Waals surface area contributed by atoms with Crippen molar-refractivity contribution in [3.05, 3.63) is 29.8 Å². The van der Waals surface area contributed by atoms with Gasteiger partial charge in [-0.25, -0.2) is 8.42 Å². The van der Waals surface area contributed by atoms with E-state index in [0.29, 0.717) is 0 Å². The van der Waals surface area contributed by atoms with Crippen molar-refractivity contribution in [3.8, 4) is 0 Å². The van der Waals surface area contributed by atoms with Crippen LogP contribution in [0.25, 0.3) is 0 Å². The third-order valence-electron chi connectivity index (χ3n) is 1.43. The van der Waals surface area contributed by atoms with Crippen LogP contribution in [0.4, 0.5) is 0 Å². The van der Waals surface area contributed by atoms with Gasteiger partial charge in [0.15, 0.2) is 0 Å². The van der Waals surface area contributed by atoms with E-state index >= 15 is 0 Å². The number of aryl methyl sites for hydroxylation is 1. The number of nitrogens with one attached hydrogen (secondary N) is 1. The Morgan fingerprint density at radius 2 is 1.71 bits per heavy atom. The predicted molar refractivity (Wildman–Crippen MR) is 48.5 cm³/mol. The minimum atomic E-state index is -3.50. The van der Waals surface area contributed by atoms with Gasteiger partial charge >= 0.3 is 29.6 Å². The van der Waals surface area contributed by atoms with Gasteiger partial charge in [-0.1, -0.05) is 17.7 Å². The van der Waals surface area contributed by atoms with Gasteiger partial charge in [-0.15, -0.1) is 4.24 Å². The van der Waals surface area contributed by atoms with Crippen molar-refractivity contribution < 1.29 is 55.9 Å². The van der Waals surface area contributed by atoms with E-state index < -0.39 is 10.0 Å². The standard InChI is InChI=1S/C7H8ClNO2S.Na.Ni.H/c1-6-2-4-7(5-3-6)12(10,11)9-8;;;/h2-5,9H,1H3;;;/q;+1;;-1. The number of rotatable bonds is 2. The first-order chi connectivity index (χ1) is 5.56. The Morgan fingerprint density at radius 3 is 2.07 bits per heavy atom. The summed E-state index contributed by atoms with van der Waals surface area (Å²) in [5.41, 5.74) is 1.00. The Labute approximate surface area is 122 Å². The summed E-state index contributed by atoms with van der Waals surface area (Å²) in [6.07, 6.45) is 0. The van der Waals surface area contributed by atoms with Crippen LogP contribution in [0.5, 0.6) is 0 Å². The van der Waals surface area contributed by atoms with Gasteiger partial charge in [0, 0.05) is 16.5 Å². The summed E-state index contributed by atoms with van der Waals surface area (Å²) in [6, 6.07) is 6.42. The summed E-state index contributed by atoms with van der Waals surface area (Å²) in [6.45, 7) is 1.88. The SMILES string of the molecule is Cc1ccc(S(=O)(=O)NCl)cc1.[H-].[Na+].[Ni]. The maximum Gasteiger partial charge on any atom is 1.00 e. The smallest absolute Gasteiger partial charge is 1.00 e. The Bertz CT molecular complexity index is 373. The van der Waals surface area contributed by atoms with Crippen LogP contribution in [0, 0.1) is 6.92 Å². The number of hydrogen-bond acceptors (Lipinski definition) is 2. The van der Waals surface area contributed by atoms with Crippen LogP contribution in [0.3, 0.4) is 0 Å². The summed E-state index contributed by atoms with van der Waals surface area (Å²) >= 11 is 5.03. The van der Waals surface area contributed by atoms with Crippen LogP contribution in [-0.4, -0.2) is 8.42 Å². The fraction of sp³-hybridized carbons (Fsp3) is 0.143. The van der Waals surface area contributed by atoms with Gasteiger partial charge in [0.25, 0.3) is 10.0 Å². The molecule has 0 spiro atoms. The van der Waals surface area contributed by atoms with Gasteiger partial charge in [-0.2, -0.15) is 0 Å². The fourth-order valence-corrected chi connectivity index (χ4v) is 1.61. The molecule has 0 saturated carbocycles. The maximum atomic E-state index is 11.1. The minimum absolute atomic E-state index is 0. The van der Waals surface area contributed by atoms with Gasteiger partial charge in [0.2, 0.25) is 0 Å². The van der Waals surface area contributed by atoms with Crippen LogP contribution < -0.4 is 33.8 Å². The fourth-order valence-electron chi connectivity index (χ4n) is 0.762. The van der Waals surface area contributed by atoms with Crippen molar-refractivity contribution in [3.63, 3.8) is 0 Å². The van der Waals surface area contributed by atoms with Crippen molar-refractivity contribution in [1.82, 2.24) is 4.24 Å². The quantitative estimate of drug-likeness (QED) is 0.534. The molecular weight excluding hydrogens is 279 g/mol. The third kappa shape index (κ3) is 4.62. The summed E-state index contributed by atoms with van der Waals surface area (Å²) in [7, 11) is -3.50. The molecule has 0 radical (unpaired) electrons. The van der Waals surface area contributed by atoms with E-state index in [1.807, 2.05) is 6.92 Å². The second-order valence-corrected chi connectivity index (χ2v) is 4.49. The minimum Gasteiger partial charge on any atom is -1.00 e. The summed E-state index contributed by atoms with van der Waals surface area (Å²) < 4.78 is 23.9. The van der Waals surface area contributed by atoms with E-state index in [-0.39, 0.29) is 52.4 Å². The molecule has 14 heavy (non-hydrogen) atoms. The van der Waals surface area contributed by atoms with Gasteiger partial charge < -0.3 is 1.43 Å². The first kappa shape index (κ1) is 17.3. The summed E-state index contributed by atoms with van der Waals surface area (Å²) in [5, 5.41) is 0. The topological polar surface area (TPSA) is 46.2 Å². The molecule has 0 aliphatic heterocycles. The second-order valence-electron chi connectivity index (χ2n) is 2.39. The number of hydrogen-bond donors (Lipinski definition) is 1. The summed E-state index contributed by atoms with van der Waals surface area (Å²) in [4.78, 5) is 0.170. The van der Waals surface area contributed by atoms with E-state index in [1.165, 1.54) is 12.1 Å². The molecule has 0 amide bonds. The molecule has 0 aliphatic carbocycles. The second kappa shape index (κ2) is 7.23. The van der Waals surface area contributed by atoms with Gasteiger partial charge in [0.1, 0.15) is 0 Å². The molecule has 1 aromatic carbocycles. The Hall–Kier alpha value is 0.914. The Morgan fingerprint density at radius 1 is 1.29 bits per heavy atom. The molecule has 1 rings (SSSR count). The van der Waals surface area contributed by atoms with Crippen LogP contribution in [0.1, 0.15) is 6.99 Å². The normalized spacial score (nSPS) is 9.86. The molecule has 1 aromatic rings. The molecule has 3 nitrogen and oxygen atoms in total. The van der Waals surface area contributed by atoms with Gasteiger partial charge in [0.05, 0.1) is 4.90 Å². The van der Waals surface area contributed by atoms with Crippen molar-refractivity contribution in [2.24, 2.45) is 0 Å². The largest absolute Gasteiger partial charge is 1.00 e. The average Bonchev–Trinajstić information content (AvgIpc) is 2.05. The van der Waals surface area contributed by atoms with Crippen LogP contribution >= 0.6 is 11.8 Å². The number of sulfonamides is 1. The molecule has 0 aliphatic rings. The van der Waals surface area contributed by atoms with Crippen molar-refractivity contribution in [2.45, 2.75) is 11.8 Å². The molecule has 0 unspecified atom stereocenters. The van der Waals surface area contributed by atoms with E-state index in [2.05, 4.69) is 0 Å². The van der Waals surface area contributed by atoms with Gasteiger partial charge in [-0.05, 0) is 30.8 Å². The molecule has 0 fully saturated rings. The molecule has 0 bridgehead atoms. The number of halogens is 1. The Kier molecular flexibility index (Phi) is 8.94. The molecule has 0 atom stereocenters. The molecule has 1 N–H and O–H groups in total. The summed E-state index contributed by atoms with van der Waals surface area (Å²) in [5.74, 6) is 0. The van der Waals surface area contributed by atoms with Crippen molar-refractivity contribution in [1.29, 1.82) is 0 Å². The Balaban J connectivity index is -0.000000480. The van der Waals surface area contributed by atoms with Crippen molar-refractivity contribution >= 4 is 21.8 Å². The predicted octanol–water partition coefficient (Wildman–Crippen LogP) is -1.46. The number of benzene rings is 1. The first-order valence-corrected chi connectivity index (χ1v) is 5.11. The van der Waals surface area contributed by atoms with Crippen LogP contribution in [0.2, 0.25) is 0 Å². The van der Waals surface area contributed by atoms with Crippen LogP contribution in [0.15, 0.2) is 29.2 Å². The van der Waals surface area contributed by atoms with E-state index in [1.54, 1.807) is 16.4 Å². The third-order valence-corrected chi connectivity index (χ3v) is 3.14. The average molecular weight is 288 g/mol. The molecule has 0 saturated heterocycles. The van der Waals surface area contributed by atoms with Gasteiger partial charge in [-0.3, -0.25) is 0 Å². The maximum absolute atomic E-state index is 11.1. The molecular formula is C7H9ClNNaNiO2S.